The molecule has 6 nitrogen and oxygen atoms in total. The Bertz CT molecular complexity index is 746. The molecule has 1 N–H and O–H groups in total. The molecule has 1 fully saturated rings. The minimum Gasteiger partial charge on any atom is -0.484 e. The highest BCUT2D eigenvalue weighted by molar-refractivity contribution is 6.31. The molecular formula is C19H22ClN3O3. The molecule has 3 rings (SSSR count). The third-order valence-corrected chi connectivity index (χ3v) is 4.56. The smallest absolute Gasteiger partial charge is 0.258 e. The van der Waals surface area contributed by atoms with Crippen LogP contribution < -0.4 is 15.0 Å². The van der Waals surface area contributed by atoms with Crippen LogP contribution in [0.3, 0.4) is 0 Å². The molecule has 1 amide bonds. The fourth-order valence-electron chi connectivity index (χ4n) is 2.61. The Morgan fingerprint density at radius 1 is 1.31 bits per heavy atom. The van der Waals surface area contributed by atoms with Crippen LogP contribution in [0, 0.1) is 6.92 Å². The summed E-state index contributed by atoms with van der Waals surface area (Å²) in [5.41, 5.74) is 1.86. The fourth-order valence-corrected chi connectivity index (χ4v) is 2.73. The van der Waals surface area contributed by atoms with E-state index in [0.29, 0.717) is 17.3 Å². The van der Waals surface area contributed by atoms with Crippen molar-refractivity contribution in [3.8, 4) is 5.75 Å². The molecule has 1 aromatic heterocycles. The van der Waals surface area contributed by atoms with Gasteiger partial charge < -0.3 is 19.7 Å². The summed E-state index contributed by atoms with van der Waals surface area (Å²) in [4.78, 5) is 18.6. The molecule has 0 bridgehead atoms. The average Bonchev–Trinajstić information content (AvgIpc) is 2.68. The summed E-state index contributed by atoms with van der Waals surface area (Å²) >= 11 is 5.97. The molecule has 1 aliphatic rings. The highest BCUT2D eigenvalue weighted by Gasteiger charge is 2.12. The van der Waals surface area contributed by atoms with Gasteiger partial charge in [0.05, 0.1) is 13.2 Å². The van der Waals surface area contributed by atoms with Gasteiger partial charge in [-0.25, -0.2) is 4.98 Å². The van der Waals surface area contributed by atoms with Crippen LogP contribution in [0.1, 0.15) is 11.1 Å². The number of halogens is 1. The summed E-state index contributed by atoms with van der Waals surface area (Å²) in [6.45, 7) is 5.43. The summed E-state index contributed by atoms with van der Waals surface area (Å²) in [5.74, 6) is 1.37. The summed E-state index contributed by atoms with van der Waals surface area (Å²) in [5, 5.41) is 3.51. The Hall–Kier alpha value is -2.31. The number of pyridine rings is 1. The van der Waals surface area contributed by atoms with Crippen molar-refractivity contribution in [3.63, 3.8) is 0 Å². The zero-order chi connectivity index (χ0) is 18.4. The van der Waals surface area contributed by atoms with Crippen molar-refractivity contribution < 1.29 is 14.3 Å². The quantitative estimate of drug-likeness (QED) is 0.840. The lowest BCUT2D eigenvalue weighted by molar-refractivity contribution is -0.123. The zero-order valence-electron chi connectivity index (χ0n) is 14.7. The number of aryl methyl sites for hydroxylation is 1. The minimum atomic E-state index is -0.185. The largest absolute Gasteiger partial charge is 0.484 e. The Morgan fingerprint density at radius 3 is 2.81 bits per heavy atom. The third kappa shape index (κ3) is 5.09. The van der Waals surface area contributed by atoms with Crippen LogP contribution in [-0.4, -0.2) is 43.8 Å². The molecular weight excluding hydrogens is 354 g/mol. The SMILES string of the molecule is Cc1cc(OCC(=O)NCc2ccc(N3CCOCC3)nc2)ccc1Cl. The molecule has 0 radical (unpaired) electrons. The molecule has 0 atom stereocenters. The van der Waals surface area contributed by atoms with E-state index < -0.39 is 0 Å². The second-order valence-electron chi connectivity index (χ2n) is 6.10. The number of aromatic nitrogens is 1. The molecule has 0 saturated carbocycles. The molecule has 7 heteroatoms. The van der Waals surface area contributed by atoms with E-state index in [0.717, 1.165) is 43.2 Å². The van der Waals surface area contributed by atoms with E-state index in [1.807, 2.05) is 25.1 Å². The van der Waals surface area contributed by atoms with Crippen LogP contribution in [0.2, 0.25) is 5.02 Å². The molecule has 2 aromatic rings. The van der Waals surface area contributed by atoms with Gasteiger partial charge in [-0.2, -0.15) is 0 Å². The lowest BCUT2D eigenvalue weighted by atomic mass is 10.2. The predicted molar refractivity (Wildman–Crippen MR) is 101 cm³/mol. The number of benzene rings is 1. The van der Waals surface area contributed by atoms with Gasteiger partial charge in [-0.15, -0.1) is 0 Å². The summed E-state index contributed by atoms with van der Waals surface area (Å²) in [7, 11) is 0. The van der Waals surface area contributed by atoms with Gasteiger partial charge in [0.25, 0.3) is 5.91 Å². The van der Waals surface area contributed by atoms with Gasteiger partial charge in [-0.05, 0) is 42.3 Å². The topological polar surface area (TPSA) is 63.7 Å². The zero-order valence-corrected chi connectivity index (χ0v) is 15.5. The molecule has 1 saturated heterocycles. The van der Waals surface area contributed by atoms with E-state index in [-0.39, 0.29) is 12.5 Å². The van der Waals surface area contributed by atoms with Crippen LogP contribution in [-0.2, 0) is 16.1 Å². The number of carbonyl (C=O) groups is 1. The fraction of sp³-hybridized carbons (Fsp3) is 0.368. The van der Waals surface area contributed by atoms with Gasteiger partial charge in [0.15, 0.2) is 6.61 Å². The predicted octanol–water partition coefficient (Wildman–Crippen LogP) is 2.58. The van der Waals surface area contributed by atoms with Gasteiger partial charge in [-0.1, -0.05) is 17.7 Å². The van der Waals surface area contributed by atoms with Crippen LogP contribution in [0.4, 0.5) is 5.82 Å². The average molecular weight is 376 g/mol. The number of carbonyl (C=O) groups excluding carboxylic acids is 1. The number of nitrogens with one attached hydrogen (secondary N) is 1. The maximum Gasteiger partial charge on any atom is 0.258 e. The van der Waals surface area contributed by atoms with Crippen molar-refractivity contribution in [2.45, 2.75) is 13.5 Å². The van der Waals surface area contributed by atoms with E-state index in [2.05, 4.69) is 15.2 Å². The number of hydrogen-bond donors (Lipinski definition) is 1. The number of amides is 1. The first-order valence-electron chi connectivity index (χ1n) is 8.55. The molecule has 0 unspecified atom stereocenters. The van der Waals surface area contributed by atoms with Crippen molar-refractivity contribution in [2.24, 2.45) is 0 Å². The Morgan fingerprint density at radius 2 is 2.12 bits per heavy atom. The number of rotatable bonds is 6. The molecule has 2 heterocycles. The highest BCUT2D eigenvalue weighted by Crippen LogP contribution is 2.20. The van der Waals surface area contributed by atoms with Crippen LogP contribution >= 0.6 is 11.6 Å². The number of morpholine rings is 1. The highest BCUT2D eigenvalue weighted by atomic mass is 35.5. The summed E-state index contributed by atoms with van der Waals surface area (Å²) < 4.78 is 10.8. The number of ether oxygens (including phenoxy) is 2. The molecule has 138 valence electrons. The normalized spacial score (nSPS) is 14.2. The number of hydrogen-bond acceptors (Lipinski definition) is 5. The van der Waals surface area contributed by atoms with Gasteiger partial charge in [-0.3, -0.25) is 4.79 Å². The van der Waals surface area contributed by atoms with E-state index in [1.54, 1.807) is 18.3 Å². The monoisotopic (exact) mass is 375 g/mol. The standard InChI is InChI=1S/C19H22ClN3O3/c1-14-10-16(3-4-17(14)20)26-13-19(24)22-12-15-2-5-18(21-11-15)23-6-8-25-9-7-23/h2-5,10-11H,6-9,12-13H2,1H3,(H,22,24). The Labute approximate surface area is 158 Å². The lowest BCUT2D eigenvalue weighted by Crippen LogP contribution is -2.36. The van der Waals surface area contributed by atoms with E-state index in [4.69, 9.17) is 21.1 Å². The molecule has 1 aromatic carbocycles. The van der Waals surface area contributed by atoms with Gasteiger partial charge >= 0.3 is 0 Å². The number of nitrogens with zero attached hydrogens (tertiary/aromatic N) is 2. The Kier molecular flexibility index (Phi) is 6.30. The number of anilines is 1. The van der Waals surface area contributed by atoms with Crippen molar-refractivity contribution in [3.05, 3.63) is 52.7 Å². The van der Waals surface area contributed by atoms with Crippen LogP contribution in [0.5, 0.6) is 5.75 Å². The van der Waals surface area contributed by atoms with E-state index >= 15 is 0 Å². The van der Waals surface area contributed by atoms with Gasteiger partial charge in [0.2, 0.25) is 0 Å². The molecule has 1 aliphatic heterocycles. The van der Waals surface area contributed by atoms with Gasteiger partial charge in [0, 0.05) is 30.9 Å². The first-order valence-corrected chi connectivity index (χ1v) is 8.93. The van der Waals surface area contributed by atoms with E-state index in [9.17, 15) is 4.79 Å². The lowest BCUT2D eigenvalue weighted by Gasteiger charge is -2.27. The molecule has 0 aliphatic carbocycles. The molecule has 0 spiro atoms. The van der Waals surface area contributed by atoms with Crippen molar-refractivity contribution in [1.29, 1.82) is 0 Å². The first-order chi connectivity index (χ1) is 12.6. The maximum atomic E-state index is 12.0. The van der Waals surface area contributed by atoms with Crippen LogP contribution in [0.15, 0.2) is 36.5 Å². The van der Waals surface area contributed by atoms with Crippen molar-refractivity contribution >= 4 is 23.3 Å². The van der Waals surface area contributed by atoms with Crippen LogP contribution in [0.25, 0.3) is 0 Å². The second kappa shape index (κ2) is 8.87. The Balaban J connectivity index is 1.44. The summed E-state index contributed by atoms with van der Waals surface area (Å²) in [6, 6.07) is 9.26. The van der Waals surface area contributed by atoms with Crippen molar-refractivity contribution in [2.75, 3.05) is 37.8 Å². The van der Waals surface area contributed by atoms with E-state index in [1.165, 1.54) is 0 Å². The maximum absolute atomic E-state index is 12.0. The first kappa shape index (κ1) is 18.5. The van der Waals surface area contributed by atoms with Gasteiger partial charge in [0.1, 0.15) is 11.6 Å². The molecule has 26 heavy (non-hydrogen) atoms. The summed E-state index contributed by atoms with van der Waals surface area (Å²) in [6.07, 6.45) is 1.79. The van der Waals surface area contributed by atoms with Crippen molar-refractivity contribution in [1.82, 2.24) is 10.3 Å². The third-order valence-electron chi connectivity index (χ3n) is 4.13. The second-order valence-corrected chi connectivity index (χ2v) is 6.51. The minimum absolute atomic E-state index is 0.0413.